The van der Waals surface area contributed by atoms with Crippen LogP contribution in [0.4, 0.5) is 0 Å². The Hall–Kier alpha value is -1.07. The summed E-state index contributed by atoms with van der Waals surface area (Å²) in [5, 5.41) is 2.82. The monoisotopic (exact) mass is 343 g/mol. The lowest BCUT2D eigenvalue weighted by atomic mass is 10.2. The van der Waals surface area contributed by atoms with Crippen LogP contribution < -0.4 is 5.32 Å². The Kier molecular flexibility index (Phi) is 4.47. The molecule has 1 heterocycles. The van der Waals surface area contributed by atoms with Crippen LogP contribution in [0.2, 0.25) is 0 Å². The SMILES string of the molecule is CCNC(=O)C(C)n1c(CCl)nc2ccc(Br)cc21. The number of carbonyl (C=O) groups excluding carboxylic acids is 1. The standard InChI is InChI=1S/C13H15BrClN3O/c1-3-16-13(19)8(2)18-11-6-9(14)4-5-10(11)17-12(18)7-15/h4-6,8H,3,7H2,1-2H3,(H,16,19). The largest absolute Gasteiger partial charge is 0.355 e. The maximum absolute atomic E-state index is 12.0. The Balaban J connectivity index is 2.56. The number of imidazole rings is 1. The molecular weight excluding hydrogens is 330 g/mol. The quantitative estimate of drug-likeness (QED) is 0.866. The fourth-order valence-corrected chi connectivity index (χ4v) is 2.62. The molecule has 0 fully saturated rings. The van der Waals surface area contributed by atoms with Crippen molar-refractivity contribution in [2.75, 3.05) is 6.54 Å². The van der Waals surface area contributed by atoms with Crippen molar-refractivity contribution in [2.24, 2.45) is 0 Å². The van der Waals surface area contributed by atoms with Crippen LogP contribution in [-0.4, -0.2) is 22.0 Å². The third-order valence-corrected chi connectivity index (χ3v) is 3.69. The van der Waals surface area contributed by atoms with Crippen LogP contribution in [-0.2, 0) is 10.7 Å². The molecule has 0 saturated carbocycles. The second kappa shape index (κ2) is 5.92. The molecule has 19 heavy (non-hydrogen) atoms. The molecule has 0 bridgehead atoms. The number of fused-ring (bicyclic) bond motifs is 1. The molecule has 1 aromatic heterocycles. The van der Waals surface area contributed by atoms with Crippen LogP contribution in [0.25, 0.3) is 11.0 Å². The van der Waals surface area contributed by atoms with E-state index in [1.54, 1.807) is 0 Å². The Bertz CT molecular complexity index is 611. The fraction of sp³-hybridized carbons (Fsp3) is 0.385. The van der Waals surface area contributed by atoms with E-state index in [9.17, 15) is 4.79 Å². The van der Waals surface area contributed by atoms with Crippen molar-refractivity contribution in [3.8, 4) is 0 Å². The molecule has 2 rings (SSSR count). The third kappa shape index (κ3) is 2.77. The van der Waals surface area contributed by atoms with Gasteiger partial charge in [-0.2, -0.15) is 0 Å². The molecule has 0 radical (unpaired) electrons. The van der Waals surface area contributed by atoms with Gasteiger partial charge in [-0.3, -0.25) is 4.79 Å². The number of likely N-dealkylation sites (N-methyl/N-ethyl adjacent to an activating group) is 1. The van der Waals surface area contributed by atoms with E-state index < -0.39 is 0 Å². The summed E-state index contributed by atoms with van der Waals surface area (Å²) in [5.41, 5.74) is 1.75. The molecule has 0 aliphatic carbocycles. The summed E-state index contributed by atoms with van der Waals surface area (Å²) in [6.45, 7) is 4.36. The van der Waals surface area contributed by atoms with Gasteiger partial charge in [-0.05, 0) is 32.0 Å². The van der Waals surface area contributed by atoms with Crippen LogP contribution in [0.1, 0.15) is 25.7 Å². The minimum atomic E-state index is -0.340. The van der Waals surface area contributed by atoms with Crippen LogP contribution in [0, 0.1) is 0 Å². The van der Waals surface area contributed by atoms with Crippen LogP contribution in [0.15, 0.2) is 22.7 Å². The molecule has 4 nitrogen and oxygen atoms in total. The number of hydrogen-bond donors (Lipinski definition) is 1. The molecule has 6 heteroatoms. The second-order valence-corrected chi connectivity index (χ2v) is 5.42. The zero-order valence-corrected chi connectivity index (χ0v) is 13.1. The third-order valence-electron chi connectivity index (χ3n) is 2.96. The minimum absolute atomic E-state index is 0.0341. The van der Waals surface area contributed by atoms with E-state index in [1.807, 2.05) is 36.6 Å². The van der Waals surface area contributed by atoms with Crippen molar-refractivity contribution in [3.05, 3.63) is 28.5 Å². The highest BCUT2D eigenvalue weighted by Gasteiger charge is 2.20. The zero-order valence-electron chi connectivity index (χ0n) is 10.8. The number of carbonyl (C=O) groups is 1. The Labute approximate surface area is 125 Å². The van der Waals surface area contributed by atoms with Crippen LogP contribution in [0.5, 0.6) is 0 Å². The number of nitrogens with zero attached hydrogens (tertiary/aromatic N) is 2. The minimum Gasteiger partial charge on any atom is -0.355 e. The van der Waals surface area contributed by atoms with Gasteiger partial charge in [-0.15, -0.1) is 11.6 Å². The Morgan fingerprint density at radius 2 is 2.32 bits per heavy atom. The molecule has 102 valence electrons. The predicted octanol–water partition coefficient (Wildman–Crippen LogP) is 3.23. The summed E-state index contributed by atoms with van der Waals surface area (Å²) < 4.78 is 2.84. The molecule has 1 atom stereocenters. The summed E-state index contributed by atoms with van der Waals surface area (Å²) in [4.78, 5) is 16.5. The summed E-state index contributed by atoms with van der Waals surface area (Å²) in [6, 6.07) is 5.45. The van der Waals surface area contributed by atoms with E-state index >= 15 is 0 Å². The van der Waals surface area contributed by atoms with Crippen molar-refractivity contribution < 1.29 is 4.79 Å². The van der Waals surface area contributed by atoms with Gasteiger partial charge < -0.3 is 9.88 Å². The first-order valence-corrected chi connectivity index (χ1v) is 7.41. The Morgan fingerprint density at radius 1 is 1.58 bits per heavy atom. The number of amides is 1. The summed E-state index contributed by atoms with van der Waals surface area (Å²) in [6.07, 6.45) is 0. The van der Waals surface area contributed by atoms with Crippen molar-refractivity contribution >= 4 is 44.5 Å². The predicted molar refractivity (Wildman–Crippen MR) is 80.4 cm³/mol. The zero-order chi connectivity index (χ0) is 14.0. The first-order valence-electron chi connectivity index (χ1n) is 6.08. The Morgan fingerprint density at radius 3 is 2.95 bits per heavy atom. The molecule has 1 amide bonds. The topological polar surface area (TPSA) is 46.9 Å². The van der Waals surface area contributed by atoms with Crippen molar-refractivity contribution in [1.29, 1.82) is 0 Å². The first-order chi connectivity index (χ1) is 9.08. The van der Waals surface area contributed by atoms with Crippen LogP contribution in [0.3, 0.4) is 0 Å². The number of halogens is 2. The van der Waals surface area contributed by atoms with Gasteiger partial charge in [-0.25, -0.2) is 4.98 Å². The number of hydrogen-bond acceptors (Lipinski definition) is 2. The van der Waals surface area contributed by atoms with E-state index in [1.165, 1.54) is 0 Å². The van der Waals surface area contributed by atoms with E-state index in [2.05, 4.69) is 26.2 Å². The number of rotatable bonds is 4. The highest BCUT2D eigenvalue weighted by molar-refractivity contribution is 9.10. The van der Waals surface area contributed by atoms with Gasteiger partial charge in [0.25, 0.3) is 0 Å². The van der Waals surface area contributed by atoms with Gasteiger partial charge in [0.2, 0.25) is 5.91 Å². The molecule has 0 aliphatic rings. The number of nitrogens with one attached hydrogen (secondary N) is 1. The molecule has 0 saturated heterocycles. The lowest BCUT2D eigenvalue weighted by Crippen LogP contribution is -2.31. The van der Waals surface area contributed by atoms with Crippen molar-refractivity contribution in [1.82, 2.24) is 14.9 Å². The highest BCUT2D eigenvalue weighted by Crippen LogP contribution is 2.25. The van der Waals surface area contributed by atoms with Gasteiger partial charge in [0.1, 0.15) is 11.9 Å². The molecular formula is C13H15BrClN3O. The van der Waals surface area contributed by atoms with E-state index in [4.69, 9.17) is 11.6 Å². The number of alkyl halides is 1. The van der Waals surface area contributed by atoms with Gasteiger partial charge in [0, 0.05) is 11.0 Å². The number of benzene rings is 1. The smallest absolute Gasteiger partial charge is 0.242 e. The molecule has 1 unspecified atom stereocenters. The van der Waals surface area contributed by atoms with Gasteiger partial charge in [0.15, 0.2) is 0 Å². The average molecular weight is 345 g/mol. The first kappa shape index (κ1) is 14.3. The molecule has 2 aromatic rings. The second-order valence-electron chi connectivity index (χ2n) is 4.24. The maximum atomic E-state index is 12.0. The van der Waals surface area contributed by atoms with Gasteiger partial charge in [-0.1, -0.05) is 15.9 Å². The maximum Gasteiger partial charge on any atom is 0.242 e. The summed E-state index contributed by atoms with van der Waals surface area (Å²) in [5.74, 6) is 0.942. The molecule has 0 spiro atoms. The van der Waals surface area contributed by atoms with Crippen LogP contribution >= 0.6 is 27.5 Å². The van der Waals surface area contributed by atoms with E-state index in [-0.39, 0.29) is 17.8 Å². The van der Waals surface area contributed by atoms with Crippen molar-refractivity contribution in [3.63, 3.8) is 0 Å². The van der Waals surface area contributed by atoms with Gasteiger partial charge >= 0.3 is 0 Å². The lowest BCUT2D eigenvalue weighted by Gasteiger charge is -2.16. The van der Waals surface area contributed by atoms with E-state index in [0.717, 1.165) is 15.5 Å². The summed E-state index contributed by atoms with van der Waals surface area (Å²) >= 11 is 9.38. The molecule has 1 N–H and O–H groups in total. The molecule has 0 aliphatic heterocycles. The number of aromatic nitrogens is 2. The van der Waals surface area contributed by atoms with E-state index in [0.29, 0.717) is 12.4 Å². The normalized spacial score (nSPS) is 12.6. The average Bonchev–Trinajstić information content (AvgIpc) is 2.75. The van der Waals surface area contributed by atoms with Crippen molar-refractivity contribution in [2.45, 2.75) is 25.8 Å². The summed E-state index contributed by atoms with van der Waals surface area (Å²) in [7, 11) is 0. The highest BCUT2D eigenvalue weighted by atomic mass is 79.9. The fourth-order valence-electron chi connectivity index (χ4n) is 2.08. The van der Waals surface area contributed by atoms with Gasteiger partial charge in [0.05, 0.1) is 16.9 Å². The lowest BCUT2D eigenvalue weighted by molar-refractivity contribution is -0.123. The molecule has 1 aromatic carbocycles.